The second-order valence-electron chi connectivity index (χ2n) is 3.55. The number of aliphatic hydroxyl groups is 1. The number of sulfonamides is 1. The van der Waals surface area contributed by atoms with Gasteiger partial charge in [-0.2, -0.15) is 0 Å². The monoisotopic (exact) mass is 273 g/mol. The summed E-state index contributed by atoms with van der Waals surface area (Å²) in [5, 5.41) is 18.8. The molecule has 18 heavy (non-hydrogen) atoms. The second-order valence-corrected chi connectivity index (χ2v) is 5.08. The van der Waals surface area contributed by atoms with Gasteiger partial charge in [0.15, 0.2) is 0 Å². The number of anilines is 1. The zero-order chi connectivity index (χ0) is 13.8. The highest BCUT2D eigenvalue weighted by molar-refractivity contribution is 7.89. The van der Waals surface area contributed by atoms with Crippen LogP contribution in [0.5, 0.6) is 0 Å². The third kappa shape index (κ3) is 3.69. The number of hydrogen-bond donors (Lipinski definition) is 4. The smallest absolute Gasteiger partial charge is 0.318 e. The summed E-state index contributed by atoms with van der Waals surface area (Å²) in [7, 11) is -2.38. The van der Waals surface area contributed by atoms with Crippen LogP contribution in [0, 0.1) is 0 Å². The summed E-state index contributed by atoms with van der Waals surface area (Å²) in [4.78, 5) is 11.1. The van der Waals surface area contributed by atoms with Crippen molar-refractivity contribution in [2.75, 3.05) is 19.0 Å². The zero-order valence-electron chi connectivity index (χ0n) is 9.80. The number of carbonyl (C=O) groups excluding carboxylic acids is 1. The van der Waals surface area contributed by atoms with E-state index in [0.717, 1.165) is 0 Å². The first-order chi connectivity index (χ1) is 8.38. The van der Waals surface area contributed by atoms with Crippen LogP contribution in [0.3, 0.4) is 0 Å². The van der Waals surface area contributed by atoms with Gasteiger partial charge in [0.1, 0.15) is 0 Å². The third-order valence-corrected chi connectivity index (χ3v) is 3.24. The molecule has 0 bridgehead atoms. The fourth-order valence-corrected chi connectivity index (χ4v) is 2.23. The van der Waals surface area contributed by atoms with Gasteiger partial charge >= 0.3 is 6.03 Å². The number of amides is 2. The molecule has 0 saturated carbocycles. The normalized spacial score (nSPS) is 11.1. The highest BCUT2D eigenvalue weighted by Gasteiger charge is 2.14. The molecule has 0 aliphatic carbocycles. The van der Waals surface area contributed by atoms with E-state index >= 15 is 0 Å². The molecular weight excluding hydrogens is 258 g/mol. The molecule has 5 N–H and O–H groups in total. The average Bonchev–Trinajstić information content (AvgIpc) is 2.28. The second kappa shape index (κ2) is 5.80. The van der Waals surface area contributed by atoms with Crippen LogP contribution in [0.4, 0.5) is 10.5 Å². The van der Waals surface area contributed by atoms with E-state index in [1.165, 1.54) is 25.2 Å². The molecule has 1 aromatic carbocycles. The minimum absolute atomic E-state index is 0.0565. The maximum Gasteiger partial charge on any atom is 0.318 e. The fraction of sp³-hybridized carbons (Fsp3) is 0.300. The van der Waals surface area contributed by atoms with Gasteiger partial charge in [0.25, 0.3) is 0 Å². The minimum atomic E-state index is -3.85. The van der Waals surface area contributed by atoms with Gasteiger partial charge in [-0.1, -0.05) is 0 Å². The molecule has 0 aliphatic rings. The van der Waals surface area contributed by atoms with E-state index in [1.54, 1.807) is 0 Å². The van der Waals surface area contributed by atoms with E-state index in [9.17, 15) is 13.2 Å². The first kappa shape index (κ1) is 14.4. The lowest BCUT2D eigenvalue weighted by molar-refractivity contribution is 0.254. The van der Waals surface area contributed by atoms with Gasteiger partial charge in [0, 0.05) is 19.3 Å². The zero-order valence-corrected chi connectivity index (χ0v) is 10.6. The predicted molar refractivity (Wildman–Crippen MR) is 66.7 cm³/mol. The summed E-state index contributed by atoms with van der Waals surface area (Å²) in [6.45, 7) is -0.216. The molecule has 8 heteroatoms. The standard InChI is InChI=1S/C10H15N3O4S/c1-12-10(15)13-8-2-3-9(18(11,16)17)7(6-8)4-5-14/h2-3,6,14H,4-5H2,1H3,(H2,11,16,17)(H2,12,13,15). The molecule has 1 aromatic rings. The molecule has 100 valence electrons. The van der Waals surface area contributed by atoms with Crippen molar-refractivity contribution < 1.29 is 18.3 Å². The van der Waals surface area contributed by atoms with E-state index < -0.39 is 16.1 Å². The highest BCUT2D eigenvalue weighted by Crippen LogP contribution is 2.20. The molecule has 0 atom stereocenters. The molecule has 0 unspecified atom stereocenters. The number of nitrogens with one attached hydrogen (secondary N) is 2. The van der Waals surface area contributed by atoms with E-state index in [-0.39, 0.29) is 17.9 Å². The summed E-state index contributed by atoms with van der Waals surface area (Å²) >= 11 is 0. The van der Waals surface area contributed by atoms with Crippen molar-refractivity contribution in [1.82, 2.24) is 5.32 Å². The Hall–Kier alpha value is -1.64. The Morgan fingerprint density at radius 1 is 1.44 bits per heavy atom. The van der Waals surface area contributed by atoms with Crippen molar-refractivity contribution in [3.05, 3.63) is 23.8 Å². The maximum absolute atomic E-state index is 11.3. The van der Waals surface area contributed by atoms with Gasteiger partial charge in [0.2, 0.25) is 10.0 Å². The van der Waals surface area contributed by atoms with Crippen LogP contribution < -0.4 is 15.8 Å². The van der Waals surface area contributed by atoms with Crippen molar-refractivity contribution in [1.29, 1.82) is 0 Å². The van der Waals surface area contributed by atoms with Crippen molar-refractivity contribution in [2.45, 2.75) is 11.3 Å². The van der Waals surface area contributed by atoms with Crippen molar-refractivity contribution in [3.8, 4) is 0 Å². The molecule has 7 nitrogen and oxygen atoms in total. The average molecular weight is 273 g/mol. The Morgan fingerprint density at radius 3 is 2.61 bits per heavy atom. The fourth-order valence-electron chi connectivity index (χ4n) is 1.44. The van der Waals surface area contributed by atoms with Gasteiger partial charge in [0.05, 0.1) is 4.90 Å². The van der Waals surface area contributed by atoms with E-state index in [2.05, 4.69) is 10.6 Å². The molecule has 0 radical (unpaired) electrons. The van der Waals surface area contributed by atoms with E-state index in [0.29, 0.717) is 11.3 Å². The molecule has 0 spiro atoms. The molecule has 2 amide bonds. The van der Waals surface area contributed by atoms with Gasteiger partial charge in [-0.15, -0.1) is 0 Å². The lowest BCUT2D eigenvalue weighted by Crippen LogP contribution is -2.24. The molecular formula is C10H15N3O4S. The quantitative estimate of drug-likeness (QED) is 0.597. The first-order valence-corrected chi connectivity index (χ1v) is 6.68. The maximum atomic E-state index is 11.3. The van der Waals surface area contributed by atoms with E-state index in [4.69, 9.17) is 10.2 Å². The number of urea groups is 1. The number of nitrogens with two attached hydrogens (primary N) is 1. The van der Waals surface area contributed by atoms with Crippen molar-refractivity contribution in [3.63, 3.8) is 0 Å². The van der Waals surface area contributed by atoms with Crippen LogP contribution in [-0.4, -0.2) is 33.2 Å². The van der Waals surface area contributed by atoms with Gasteiger partial charge in [-0.3, -0.25) is 0 Å². The van der Waals surface area contributed by atoms with Crippen LogP contribution in [-0.2, 0) is 16.4 Å². The number of hydrogen-bond acceptors (Lipinski definition) is 4. The summed E-state index contributed by atoms with van der Waals surface area (Å²) < 4.78 is 22.6. The third-order valence-electron chi connectivity index (χ3n) is 2.23. The Bertz CT molecular complexity index is 542. The summed E-state index contributed by atoms with van der Waals surface area (Å²) in [6, 6.07) is 3.76. The number of rotatable bonds is 4. The van der Waals surface area contributed by atoms with Gasteiger partial charge in [-0.05, 0) is 30.2 Å². The molecule has 0 aromatic heterocycles. The van der Waals surface area contributed by atoms with Crippen LogP contribution in [0.2, 0.25) is 0 Å². The SMILES string of the molecule is CNC(=O)Nc1ccc(S(N)(=O)=O)c(CCO)c1. The summed E-state index contributed by atoms with van der Waals surface area (Å²) in [6.07, 6.45) is 0.134. The van der Waals surface area contributed by atoms with Crippen LogP contribution >= 0.6 is 0 Å². The topological polar surface area (TPSA) is 122 Å². The Kier molecular flexibility index (Phi) is 4.65. The lowest BCUT2D eigenvalue weighted by Gasteiger charge is -2.10. The number of carbonyl (C=O) groups is 1. The molecule has 0 aliphatic heterocycles. The molecule has 0 heterocycles. The van der Waals surface area contributed by atoms with Gasteiger partial charge in [-0.25, -0.2) is 18.4 Å². The van der Waals surface area contributed by atoms with Crippen molar-refractivity contribution in [2.24, 2.45) is 5.14 Å². The Balaban J connectivity index is 3.15. The van der Waals surface area contributed by atoms with E-state index in [1.807, 2.05) is 0 Å². The Labute approximate surface area is 105 Å². The first-order valence-electron chi connectivity index (χ1n) is 5.14. The van der Waals surface area contributed by atoms with Crippen LogP contribution in [0.1, 0.15) is 5.56 Å². The largest absolute Gasteiger partial charge is 0.396 e. The summed E-state index contributed by atoms with van der Waals surface area (Å²) in [5.41, 5.74) is 0.777. The number of benzene rings is 1. The van der Waals surface area contributed by atoms with Crippen molar-refractivity contribution >= 4 is 21.7 Å². The summed E-state index contributed by atoms with van der Waals surface area (Å²) in [5.74, 6) is 0. The molecule has 0 saturated heterocycles. The minimum Gasteiger partial charge on any atom is -0.396 e. The Morgan fingerprint density at radius 2 is 2.11 bits per heavy atom. The van der Waals surface area contributed by atoms with Crippen LogP contribution in [0.25, 0.3) is 0 Å². The number of primary sulfonamides is 1. The van der Waals surface area contributed by atoms with Crippen LogP contribution in [0.15, 0.2) is 23.1 Å². The lowest BCUT2D eigenvalue weighted by atomic mass is 10.1. The highest BCUT2D eigenvalue weighted by atomic mass is 32.2. The number of aliphatic hydroxyl groups excluding tert-OH is 1. The predicted octanol–water partition coefficient (Wildman–Crippen LogP) is -0.380. The molecule has 0 fully saturated rings. The van der Waals surface area contributed by atoms with Gasteiger partial charge < -0.3 is 15.7 Å². The molecule has 1 rings (SSSR count).